The molecule has 0 spiro atoms. The summed E-state index contributed by atoms with van der Waals surface area (Å²) in [5.41, 5.74) is 0.825. The Balaban J connectivity index is 1.69. The lowest BCUT2D eigenvalue weighted by atomic mass is 10.2. The van der Waals surface area contributed by atoms with Gasteiger partial charge in [0.15, 0.2) is 0 Å². The second-order valence-corrected chi connectivity index (χ2v) is 6.00. The molecule has 1 saturated heterocycles. The Morgan fingerprint density at radius 2 is 2.11 bits per heavy atom. The van der Waals surface area contributed by atoms with Crippen LogP contribution in [0.4, 0.5) is 4.39 Å². The van der Waals surface area contributed by atoms with Crippen molar-refractivity contribution in [3.8, 4) is 0 Å². The molecule has 1 aliphatic rings. The number of thioether (sulfide) groups is 1. The first-order valence-corrected chi connectivity index (χ1v) is 7.74. The Morgan fingerprint density at radius 3 is 2.89 bits per heavy atom. The van der Waals surface area contributed by atoms with Crippen LogP contribution in [-0.2, 0) is 6.54 Å². The van der Waals surface area contributed by atoms with Crippen LogP contribution in [0.5, 0.6) is 0 Å². The Bertz CT molecular complexity index is 383. The van der Waals surface area contributed by atoms with Crippen LogP contribution in [0.2, 0.25) is 5.02 Å². The van der Waals surface area contributed by atoms with Crippen LogP contribution in [0.15, 0.2) is 18.2 Å². The second-order valence-electron chi connectivity index (χ2n) is 4.37. The average Bonchev–Trinajstić information content (AvgIpc) is 2.40. The highest BCUT2D eigenvalue weighted by atomic mass is 35.5. The Morgan fingerprint density at radius 1 is 1.33 bits per heavy atom. The third-order valence-electron chi connectivity index (χ3n) is 3.03. The molecule has 1 heterocycles. The quantitative estimate of drug-likeness (QED) is 0.839. The highest BCUT2D eigenvalue weighted by Gasteiger charge is 2.09. The van der Waals surface area contributed by atoms with Gasteiger partial charge in [-0.15, -0.1) is 0 Å². The Hall–Kier alpha value is -0.290. The molecule has 0 radical (unpaired) electrons. The largest absolute Gasteiger partial charge is 0.311 e. The molecule has 2 rings (SSSR count). The molecule has 1 aliphatic heterocycles. The molecule has 0 atom stereocenters. The van der Waals surface area contributed by atoms with E-state index in [1.54, 1.807) is 6.07 Å². The fourth-order valence-corrected chi connectivity index (χ4v) is 3.13. The lowest BCUT2D eigenvalue weighted by molar-refractivity contribution is 0.301. The molecule has 1 fully saturated rings. The third-order valence-corrected chi connectivity index (χ3v) is 4.34. The number of nitrogens with zero attached hydrogens (tertiary/aromatic N) is 1. The van der Waals surface area contributed by atoms with Crippen molar-refractivity contribution in [2.24, 2.45) is 0 Å². The Labute approximate surface area is 117 Å². The molecule has 0 unspecified atom stereocenters. The zero-order chi connectivity index (χ0) is 12.8. The minimum absolute atomic E-state index is 0.232. The highest BCUT2D eigenvalue weighted by molar-refractivity contribution is 7.99. The molecule has 5 heteroatoms. The maximum absolute atomic E-state index is 13.1. The molecule has 1 aromatic carbocycles. The topological polar surface area (TPSA) is 15.3 Å². The number of hydrogen-bond acceptors (Lipinski definition) is 3. The van der Waals surface area contributed by atoms with E-state index in [-0.39, 0.29) is 5.82 Å². The summed E-state index contributed by atoms with van der Waals surface area (Å²) in [7, 11) is 0. The van der Waals surface area contributed by atoms with Crippen LogP contribution >= 0.6 is 23.4 Å². The van der Waals surface area contributed by atoms with Gasteiger partial charge in [-0.1, -0.05) is 11.6 Å². The van der Waals surface area contributed by atoms with Crippen molar-refractivity contribution in [1.82, 2.24) is 10.2 Å². The minimum Gasteiger partial charge on any atom is -0.311 e. The zero-order valence-electron chi connectivity index (χ0n) is 10.3. The summed E-state index contributed by atoms with van der Waals surface area (Å²) < 4.78 is 13.1. The van der Waals surface area contributed by atoms with Crippen LogP contribution in [-0.4, -0.2) is 42.6 Å². The van der Waals surface area contributed by atoms with Gasteiger partial charge < -0.3 is 10.2 Å². The summed E-state index contributed by atoms with van der Waals surface area (Å²) in [5.74, 6) is 2.23. The van der Waals surface area contributed by atoms with Crippen molar-refractivity contribution in [1.29, 1.82) is 0 Å². The molecule has 0 aliphatic carbocycles. The molecule has 1 aromatic rings. The molecule has 1 N–H and O–H groups in total. The van der Waals surface area contributed by atoms with E-state index >= 15 is 0 Å². The van der Waals surface area contributed by atoms with Gasteiger partial charge in [-0.25, -0.2) is 4.39 Å². The van der Waals surface area contributed by atoms with Crippen LogP contribution in [0.1, 0.15) is 5.56 Å². The van der Waals surface area contributed by atoms with Crippen molar-refractivity contribution in [2.75, 3.05) is 37.7 Å². The maximum atomic E-state index is 13.1. The second kappa shape index (κ2) is 7.34. The first-order valence-electron chi connectivity index (χ1n) is 6.20. The van der Waals surface area contributed by atoms with Crippen LogP contribution < -0.4 is 5.32 Å². The fraction of sp³-hybridized carbons (Fsp3) is 0.538. The third kappa shape index (κ3) is 4.43. The van der Waals surface area contributed by atoms with Crippen LogP contribution in [0.3, 0.4) is 0 Å². The van der Waals surface area contributed by atoms with E-state index in [9.17, 15) is 4.39 Å². The standard InChI is InChI=1S/C13H18ClFN2S/c14-13-2-1-12(15)9-11(13)10-16-3-4-17-5-7-18-8-6-17/h1-2,9,16H,3-8,10H2. The Kier molecular flexibility index (Phi) is 5.76. The van der Waals surface area contributed by atoms with Gasteiger partial charge in [0.1, 0.15) is 5.82 Å². The van der Waals surface area contributed by atoms with Crippen molar-refractivity contribution in [3.05, 3.63) is 34.6 Å². The summed E-state index contributed by atoms with van der Waals surface area (Å²) in [6, 6.07) is 4.49. The van der Waals surface area contributed by atoms with Gasteiger partial charge in [0, 0.05) is 49.3 Å². The highest BCUT2D eigenvalue weighted by Crippen LogP contribution is 2.16. The normalized spacial score (nSPS) is 17.0. The van der Waals surface area contributed by atoms with Gasteiger partial charge >= 0.3 is 0 Å². The van der Waals surface area contributed by atoms with Gasteiger partial charge in [-0.3, -0.25) is 0 Å². The number of nitrogens with one attached hydrogen (secondary N) is 1. The van der Waals surface area contributed by atoms with E-state index < -0.39 is 0 Å². The van der Waals surface area contributed by atoms with Gasteiger partial charge in [0.25, 0.3) is 0 Å². The van der Waals surface area contributed by atoms with Crippen LogP contribution in [0, 0.1) is 5.82 Å². The monoisotopic (exact) mass is 288 g/mol. The van der Waals surface area contributed by atoms with Crippen molar-refractivity contribution < 1.29 is 4.39 Å². The SMILES string of the molecule is Fc1ccc(Cl)c(CNCCN2CCSCC2)c1. The molecular formula is C13H18ClFN2S. The van der Waals surface area contributed by atoms with E-state index in [1.165, 1.54) is 36.7 Å². The van der Waals surface area contributed by atoms with Crippen molar-refractivity contribution in [3.63, 3.8) is 0 Å². The van der Waals surface area contributed by atoms with E-state index in [2.05, 4.69) is 10.2 Å². The summed E-state index contributed by atoms with van der Waals surface area (Å²) >= 11 is 8.02. The molecular weight excluding hydrogens is 271 g/mol. The molecule has 0 saturated carbocycles. The number of hydrogen-bond donors (Lipinski definition) is 1. The average molecular weight is 289 g/mol. The molecule has 0 amide bonds. The lowest BCUT2D eigenvalue weighted by Gasteiger charge is -2.26. The van der Waals surface area contributed by atoms with Gasteiger partial charge in [0.05, 0.1) is 0 Å². The predicted molar refractivity (Wildman–Crippen MR) is 76.9 cm³/mol. The van der Waals surface area contributed by atoms with Gasteiger partial charge in [-0.2, -0.15) is 11.8 Å². The first-order chi connectivity index (χ1) is 8.75. The molecule has 18 heavy (non-hydrogen) atoms. The van der Waals surface area contributed by atoms with Gasteiger partial charge in [-0.05, 0) is 23.8 Å². The lowest BCUT2D eigenvalue weighted by Crippen LogP contribution is -2.37. The van der Waals surface area contributed by atoms with Crippen molar-refractivity contribution in [2.45, 2.75) is 6.54 Å². The van der Waals surface area contributed by atoms with E-state index in [0.29, 0.717) is 11.6 Å². The summed E-state index contributed by atoms with van der Waals surface area (Å²) in [4.78, 5) is 2.46. The van der Waals surface area contributed by atoms with Crippen molar-refractivity contribution >= 4 is 23.4 Å². The summed E-state index contributed by atoms with van der Waals surface area (Å²) in [5, 5.41) is 3.94. The van der Waals surface area contributed by atoms with Gasteiger partial charge in [0.2, 0.25) is 0 Å². The molecule has 2 nitrogen and oxygen atoms in total. The smallest absolute Gasteiger partial charge is 0.123 e. The molecule has 0 aromatic heterocycles. The predicted octanol–water partition coefficient (Wildman–Crippen LogP) is 2.62. The summed E-state index contributed by atoms with van der Waals surface area (Å²) in [6.07, 6.45) is 0. The number of rotatable bonds is 5. The number of benzene rings is 1. The fourth-order valence-electron chi connectivity index (χ4n) is 1.96. The van der Waals surface area contributed by atoms with E-state index in [4.69, 9.17) is 11.6 Å². The number of halogens is 2. The maximum Gasteiger partial charge on any atom is 0.123 e. The van der Waals surface area contributed by atoms with Crippen LogP contribution in [0.25, 0.3) is 0 Å². The zero-order valence-corrected chi connectivity index (χ0v) is 11.9. The minimum atomic E-state index is -0.232. The van der Waals surface area contributed by atoms with E-state index in [1.807, 2.05) is 11.8 Å². The molecule has 0 bridgehead atoms. The molecule has 100 valence electrons. The summed E-state index contributed by atoms with van der Waals surface area (Å²) in [6.45, 7) is 4.93. The first kappa shape index (κ1) is 14.1. The van der Waals surface area contributed by atoms with E-state index in [0.717, 1.165) is 18.7 Å².